The lowest BCUT2D eigenvalue weighted by Gasteiger charge is -2.27. The van der Waals surface area contributed by atoms with E-state index in [0.717, 1.165) is 30.6 Å². The first-order valence-corrected chi connectivity index (χ1v) is 11.8. The number of ether oxygens (including phenoxy) is 1. The van der Waals surface area contributed by atoms with Crippen LogP contribution in [0.15, 0.2) is 28.0 Å². The van der Waals surface area contributed by atoms with Crippen LogP contribution in [-0.2, 0) is 14.8 Å². The molecule has 8 heteroatoms. The maximum atomic E-state index is 12.9. The van der Waals surface area contributed by atoms with Crippen LogP contribution in [0.1, 0.15) is 42.5 Å². The predicted octanol–water partition coefficient (Wildman–Crippen LogP) is 2.49. The second-order valence-electron chi connectivity index (χ2n) is 6.72. The molecule has 1 amide bonds. The molecular weight excluding hydrogens is 372 g/mol. The molecule has 1 aliphatic carbocycles. The Hall–Kier alpha value is -1.09. The Balaban J connectivity index is 1.84. The summed E-state index contributed by atoms with van der Waals surface area (Å²) in [5, 5.41) is 0. The zero-order valence-corrected chi connectivity index (χ0v) is 16.7. The van der Waals surface area contributed by atoms with Gasteiger partial charge in [0.05, 0.1) is 23.7 Å². The van der Waals surface area contributed by atoms with Crippen molar-refractivity contribution in [3.63, 3.8) is 0 Å². The van der Waals surface area contributed by atoms with Crippen LogP contribution in [0.4, 0.5) is 0 Å². The van der Waals surface area contributed by atoms with E-state index in [1.807, 2.05) is 6.26 Å². The smallest absolute Gasteiger partial charge is 0.255 e. The van der Waals surface area contributed by atoms with E-state index in [1.54, 1.807) is 17.0 Å². The maximum Gasteiger partial charge on any atom is 0.255 e. The summed E-state index contributed by atoms with van der Waals surface area (Å²) in [7, 11) is -3.63. The van der Waals surface area contributed by atoms with E-state index in [9.17, 15) is 13.2 Å². The number of rotatable bonds is 5. The van der Waals surface area contributed by atoms with E-state index in [1.165, 1.54) is 24.2 Å². The molecule has 1 aromatic rings. The average molecular weight is 399 g/mol. The maximum absolute atomic E-state index is 12.9. The molecule has 6 nitrogen and oxygen atoms in total. The zero-order chi connectivity index (χ0) is 18.6. The van der Waals surface area contributed by atoms with Gasteiger partial charge in [-0.25, -0.2) is 13.1 Å². The quantitative estimate of drug-likeness (QED) is 0.771. The Labute approximate surface area is 159 Å². The van der Waals surface area contributed by atoms with E-state index in [2.05, 4.69) is 4.72 Å². The van der Waals surface area contributed by atoms with Crippen molar-refractivity contribution in [1.82, 2.24) is 9.62 Å². The number of benzene rings is 1. The third-order valence-electron chi connectivity index (χ3n) is 4.94. The Morgan fingerprint density at radius 1 is 1.19 bits per heavy atom. The van der Waals surface area contributed by atoms with Crippen molar-refractivity contribution >= 4 is 27.7 Å². The highest BCUT2D eigenvalue weighted by atomic mass is 32.2. The van der Waals surface area contributed by atoms with Gasteiger partial charge < -0.3 is 9.64 Å². The number of sulfonamides is 1. The van der Waals surface area contributed by atoms with Gasteiger partial charge in [0.25, 0.3) is 5.91 Å². The fourth-order valence-corrected chi connectivity index (χ4v) is 5.37. The van der Waals surface area contributed by atoms with Crippen molar-refractivity contribution in [1.29, 1.82) is 0 Å². The van der Waals surface area contributed by atoms with Crippen LogP contribution in [0.25, 0.3) is 0 Å². The summed E-state index contributed by atoms with van der Waals surface area (Å²) in [6.07, 6.45) is 6.92. The van der Waals surface area contributed by atoms with Crippen molar-refractivity contribution in [3.05, 3.63) is 23.8 Å². The minimum atomic E-state index is -3.63. The number of nitrogens with zero attached hydrogens (tertiary/aromatic N) is 1. The van der Waals surface area contributed by atoms with E-state index in [-0.39, 0.29) is 16.8 Å². The molecule has 2 aliphatic rings. The molecule has 1 saturated heterocycles. The molecule has 0 spiro atoms. The normalized spacial score (nSPS) is 19.5. The van der Waals surface area contributed by atoms with Gasteiger partial charge in [-0.3, -0.25) is 4.79 Å². The first-order chi connectivity index (χ1) is 12.5. The van der Waals surface area contributed by atoms with Gasteiger partial charge in [0.2, 0.25) is 10.0 Å². The van der Waals surface area contributed by atoms with Gasteiger partial charge in [-0.15, -0.1) is 11.8 Å². The largest absolute Gasteiger partial charge is 0.378 e. The monoisotopic (exact) mass is 398 g/mol. The van der Waals surface area contributed by atoms with Crippen molar-refractivity contribution in [2.75, 3.05) is 32.6 Å². The van der Waals surface area contributed by atoms with Crippen LogP contribution in [-0.4, -0.2) is 57.8 Å². The summed E-state index contributed by atoms with van der Waals surface area (Å²) < 4.78 is 33.7. The molecule has 0 radical (unpaired) electrons. The zero-order valence-electron chi connectivity index (χ0n) is 15.1. The predicted molar refractivity (Wildman–Crippen MR) is 102 cm³/mol. The van der Waals surface area contributed by atoms with Crippen LogP contribution in [0.5, 0.6) is 0 Å². The molecule has 0 unspecified atom stereocenters. The fourth-order valence-electron chi connectivity index (χ4n) is 3.47. The summed E-state index contributed by atoms with van der Waals surface area (Å²) in [5.74, 6) is -0.132. The average Bonchev–Trinajstić information content (AvgIpc) is 2.68. The number of hydrogen-bond donors (Lipinski definition) is 1. The van der Waals surface area contributed by atoms with Crippen LogP contribution in [0.2, 0.25) is 0 Å². The highest BCUT2D eigenvalue weighted by molar-refractivity contribution is 7.98. The SMILES string of the molecule is CSc1ccc(S(=O)(=O)NC2CCCCC2)cc1C(=O)N1CCOCC1. The number of carbonyl (C=O) groups excluding carboxylic acids is 1. The van der Waals surface area contributed by atoms with Gasteiger partial charge in [0.1, 0.15) is 0 Å². The first-order valence-electron chi connectivity index (χ1n) is 9.08. The van der Waals surface area contributed by atoms with Gasteiger partial charge in [0, 0.05) is 24.0 Å². The van der Waals surface area contributed by atoms with E-state index in [0.29, 0.717) is 31.9 Å². The molecule has 2 fully saturated rings. The van der Waals surface area contributed by atoms with Gasteiger partial charge >= 0.3 is 0 Å². The number of morpholine rings is 1. The van der Waals surface area contributed by atoms with Crippen molar-refractivity contribution in [2.24, 2.45) is 0 Å². The lowest BCUT2D eigenvalue weighted by atomic mass is 9.96. The Morgan fingerprint density at radius 2 is 1.88 bits per heavy atom. The molecule has 26 heavy (non-hydrogen) atoms. The summed E-state index contributed by atoms with van der Waals surface area (Å²) >= 11 is 1.45. The second-order valence-corrected chi connectivity index (χ2v) is 9.28. The number of thioether (sulfide) groups is 1. The number of carbonyl (C=O) groups is 1. The molecule has 0 aromatic heterocycles. The van der Waals surface area contributed by atoms with E-state index >= 15 is 0 Å². The first kappa shape index (κ1) is 19.7. The summed E-state index contributed by atoms with van der Waals surface area (Å²) in [5.41, 5.74) is 0.450. The summed E-state index contributed by atoms with van der Waals surface area (Å²) in [6, 6.07) is 4.84. The topological polar surface area (TPSA) is 75.7 Å². The van der Waals surface area contributed by atoms with Crippen LogP contribution in [0, 0.1) is 0 Å². The number of hydrogen-bond acceptors (Lipinski definition) is 5. The molecule has 0 bridgehead atoms. The van der Waals surface area contributed by atoms with Crippen LogP contribution >= 0.6 is 11.8 Å². The molecule has 1 N–H and O–H groups in total. The fraction of sp³-hybridized carbons (Fsp3) is 0.611. The molecule has 3 rings (SSSR count). The summed E-state index contributed by atoms with van der Waals surface area (Å²) in [4.78, 5) is 15.6. The molecule has 1 aromatic carbocycles. The van der Waals surface area contributed by atoms with Crippen molar-refractivity contribution in [2.45, 2.75) is 47.9 Å². The molecule has 0 atom stereocenters. The highest BCUT2D eigenvalue weighted by Crippen LogP contribution is 2.26. The molecule has 1 aliphatic heterocycles. The minimum absolute atomic E-state index is 0.00706. The van der Waals surface area contributed by atoms with Crippen molar-refractivity contribution < 1.29 is 17.9 Å². The van der Waals surface area contributed by atoms with E-state index in [4.69, 9.17) is 4.74 Å². The molecule has 144 valence electrons. The summed E-state index contributed by atoms with van der Waals surface area (Å²) in [6.45, 7) is 2.09. The van der Waals surface area contributed by atoms with Crippen LogP contribution in [0.3, 0.4) is 0 Å². The third kappa shape index (κ3) is 4.60. The van der Waals surface area contributed by atoms with Gasteiger partial charge in [-0.1, -0.05) is 19.3 Å². The third-order valence-corrected chi connectivity index (χ3v) is 7.25. The molecular formula is C18H26N2O4S2. The van der Waals surface area contributed by atoms with Gasteiger partial charge in [0.15, 0.2) is 0 Å². The second kappa shape index (κ2) is 8.73. The van der Waals surface area contributed by atoms with Crippen molar-refractivity contribution in [3.8, 4) is 0 Å². The Morgan fingerprint density at radius 3 is 2.54 bits per heavy atom. The molecule has 1 saturated carbocycles. The van der Waals surface area contributed by atoms with Crippen LogP contribution < -0.4 is 4.72 Å². The van der Waals surface area contributed by atoms with Gasteiger partial charge in [-0.2, -0.15) is 0 Å². The number of amides is 1. The Kier molecular flexibility index (Phi) is 6.60. The van der Waals surface area contributed by atoms with E-state index < -0.39 is 10.0 Å². The lowest BCUT2D eigenvalue weighted by Crippen LogP contribution is -2.41. The van der Waals surface area contributed by atoms with Gasteiger partial charge in [-0.05, 0) is 37.3 Å². The minimum Gasteiger partial charge on any atom is -0.378 e. The number of nitrogens with one attached hydrogen (secondary N) is 1. The standard InChI is InChI=1S/C18H26N2O4S2/c1-25-17-8-7-15(26(22,23)19-14-5-3-2-4-6-14)13-16(17)18(21)20-9-11-24-12-10-20/h7-8,13-14,19H,2-6,9-12H2,1H3. The Bertz CT molecular complexity index is 740. The lowest BCUT2D eigenvalue weighted by molar-refractivity contribution is 0.0300. The highest BCUT2D eigenvalue weighted by Gasteiger charge is 2.26. The molecule has 1 heterocycles.